The van der Waals surface area contributed by atoms with Gasteiger partial charge in [0.25, 0.3) is 6.47 Å². The van der Waals surface area contributed by atoms with Crippen molar-refractivity contribution < 1.29 is 42.9 Å². The third-order valence-electron chi connectivity index (χ3n) is 8.79. The molecule has 0 amide bonds. The second-order valence-corrected chi connectivity index (χ2v) is 14.1. The van der Waals surface area contributed by atoms with E-state index >= 15 is 0 Å². The zero-order valence-electron chi connectivity index (χ0n) is 30.9. The third-order valence-corrected chi connectivity index (χ3v) is 9.84. The number of benzene rings is 3. The smallest absolute Gasteiger partial charge is 0.330 e. The third kappa shape index (κ3) is 12.4. The number of carbonyl (C=O) groups excluding carboxylic acids is 4. The van der Waals surface area contributed by atoms with Crippen molar-refractivity contribution in [1.82, 2.24) is 4.98 Å². The number of hydrogen-bond donors (Lipinski definition) is 0. The summed E-state index contributed by atoms with van der Waals surface area (Å²) < 4.78 is 28.4. The van der Waals surface area contributed by atoms with Crippen molar-refractivity contribution in [3.05, 3.63) is 97.1 Å². The number of hydrogen-bond acceptors (Lipinski definition) is 13. The molecule has 0 bridgehead atoms. The first-order chi connectivity index (χ1) is 26.7. The van der Waals surface area contributed by atoms with E-state index in [0.29, 0.717) is 74.1 Å². The van der Waals surface area contributed by atoms with E-state index in [-0.39, 0.29) is 23.4 Å². The lowest BCUT2D eigenvalue weighted by Gasteiger charge is -2.26. The van der Waals surface area contributed by atoms with Crippen molar-refractivity contribution in [1.29, 1.82) is 0 Å². The number of fused-ring (bicyclic) bond motifs is 1. The average Bonchev–Trinajstić information content (AvgIpc) is 3.63. The molecular weight excluding hydrogens is 723 g/mol. The van der Waals surface area contributed by atoms with Crippen LogP contribution in [0.2, 0.25) is 0 Å². The van der Waals surface area contributed by atoms with Crippen LogP contribution in [0.5, 0.6) is 23.0 Å². The van der Waals surface area contributed by atoms with Gasteiger partial charge in [-0.3, -0.25) is 14.4 Å². The molecule has 0 N–H and O–H groups in total. The van der Waals surface area contributed by atoms with Crippen LogP contribution in [0.3, 0.4) is 0 Å². The van der Waals surface area contributed by atoms with Crippen molar-refractivity contribution in [3.63, 3.8) is 0 Å². The lowest BCUT2D eigenvalue weighted by Crippen LogP contribution is -2.30. The van der Waals surface area contributed by atoms with Crippen LogP contribution in [-0.4, -0.2) is 55.3 Å². The number of anilines is 1. The molecule has 1 heterocycles. The van der Waals surface area contributed by atoms with Gasteiger partial charge in [0.2, 0.25) is 5.13 Å². The first-order valence-electron chi connectivity index (χ1n) is 18.2. The normalized spacial score (nSPS) is 15.2. The number of carbonyl (C=O) groups is 4. The van der Waals surface area contributed by atoms with Gasteiger partial charge >= 0.3 is 17.9 Å². The number of para-hydroxylation sites is 1. The average molecular weight is 768 g/mol. The molecule has 55 heavy (non-hydrogen) atoms. The van der Waals surface area contributed by atoms with Crippen LogP contribution in [0.15, 0.2) is 96.6 Å². The molecule has 288 valence electrons. The zero-order chi connectivity index (χ0) is 39.0. The van der Waals surface area contributed by atoms with Gasteiger partial charge in [-0.05, 0) is 113 Å². The minimum absolute atomic E-state index is 0.254. The summed E-state index contributed by atoms with van der Waals surface area (Å²) in [6, 6.07) is 19.4. The second-order valence-electron chi connectivity index (χ2n) is 13.1. The zero-order valence-corrected chi connectivity index (χ0v) is 31.7. The summed E-state index contributed by atoms with van der Waals surface area (Å²) in [6.07, 6.45) is 8.12. The first-order valence-corrected chi connectivity index (χ1v) is 19.0. The summed E-state index contributed by atoms with van der Waals surface area (Å²) in [5, 5.41) is 7.06. The number of hydrazone groups is 1. The minimum Gasteiger partial charge on any atom is -0.494 e. The van der Waals surface area contributed by atoms with E-state index in [9.17, 15) is 19.2 Å². The number of ether oxygens (including phenoxy) is 5. The van der Waals surface area contributed by atoms with E-state index in [1.165, 1.54) is 23.6 Å². The molecule has 0 saturated heterocycles. The van der Waals surface area contributed by atoms with Gasteiger partial charge in [-0.15, -0.1) is 0 Å². The molecule has 0 radical (unpaired) electrons. The van der Waals surface area contributed by atoms with Gasteiger partial charge in [0.15, 0.2) is 0 Å². The Labute approximate surface area is 324 Å². The molecule has 1 fully saturated rings. The summed E-state index contributed by atoms with van der Waals surface area (Å²) in [4.78, 5) is 53.2. The Bertz CT molecular complexity index is 1950. The standard InChI is InChI=1S/C42H45N3O9S/c1-4-39(47)51-24-10-6-5-9-23-50-33-17-19-34(20-18-33)53-40(48)30-13-15-31(16-14-30)41(49)54-37-22-21-35(52-28-46)25-32(37)26-43-45(27-29(2)3)42-44-36-11-7-8-12-38(36)55-42/h4,7-8,11-12,17-22,25-26,28,30-31H,1-2,5-6,9-10,13-16,23-24,27H2,3H3/b43-26+. The highest BCUT2D eigenvalue weighted by molar-refractivity contribution is 7.22. The number of rotatable bonds is 20. The number of unbranched alkanes of at least 4 members (excludes halogenated alkanes) is 3. The molecule has 5 rings (SSSR count). The van der Waals surface area contributed by atoms with Crippen LogP contribution in [0.1, 0.15) is 63.9 Å². The number of thiazole rings is 1. The topological polar surface area (TPSA) is 143 Å². The Morgan fingerprint density at radius 2 is 1.53 bits per heavy atom. The van der Waals surface area contributed by atoms with E-state index in [4.69, 9.17) is 28.7 Å². The summed E-state index contributed by atoms with van der Waals surface area (Å²) in [5.74, 6) is -0.292. The van der Waals surface area contributed by atoms with Crippen LogP contribution in [0, 0.1) is 11.8 Å². The second kappa shape index (κ2) is 20.6. The van der Waals surface area contributed by atoms with Gasteiger partial charge < -0.3 is 23.7 Å². The molecule has 1 aromatic heterocycles. The maximum atomic E-state index is 13.4. The molecule has 3 aromatic carbocycles. The van der Waals surface area contributed by atoms with Crippen LogP contribution in [-0.2, 0) is 23.9 Å². The fourth-order valence-corrected chi connectivity index (χ4v) is 6.83. The summed E-state index contributed by atoms with van der Waals surface area (Å²) >= 11 is 1.49. The molecule has 0 aliphatic heterocycles. The van der Waals surface area contributed by atoms with Crippen LogP contribution >= 0.6 is 11.3 Å². The molecule has 13 heteroatoms. The molecule has 0 spiro atoms. The molecule has 1 aliphatic carbocycles. The fourth-order valence-electron chi connectivity index (χ4n) is 5.90. The van der Waals surface area contributed by atoms with Crippen molar-refractivity contribution in [3.8, 4) is 23.0 Å². The Morgan fingerprint density at radius 3 is 2.20 bits per heavy atom. The van der Waals surface area contributed by atoms with E-state index < -0.39 is 17.9 Å². The largest absolute Gasteiger partial charge is 0.494 e. The van der Waals surface area contributed by atoms with Crippen molar-refractivity contribution in [2.24, 2.45) is 16.9 Å². The molecule has 0 atom stereocenters. The SMILES string of the molecule is C=CC(=O)OCCCCCCOc1ccc(OC(=O)C2CCC(C(=O)Oc3ccc(OC=O)cc3/C=N/N(CC(=C)C)c3nc4ccccc4s3)CC2)cc1. The number of aromatic nitrogens is 1. The summed E-state index contributed by atoms with van der Waals surface area (Å²) in [6.45, 7) is 11.0. The minimum atomic E-state index is -0.417. The van der Waals surface area contributed by atoms with Gasteiger partial charge in [-0.1, -0.05) is 42.2 Å². The Morgan fingerprint density at radius 1 is 0.873 bits per heavy atom. The summed E-state index contributed by atoms with van der Waals surface area (Å²) in [5.41, 5.74) is 2.14. The number of esters is 3. The predicted molar refractivity (Wildman–Crippen MR) is 211 cm³/mol. The van der Waals surface area contributed by atoms with Crippen molar-refractivity contribution >= 4 is 57.3 Å². The Kier molecular flexibility index (Phi) is 15.1. The van der Waals surface area contributed by atoms with Crippen molar-refractivity contribution in [2.45, 2.75) is 58.3 Å². The van der Waals surface area contributed by atoms with Gasteiger partial charge in [0, 0.05) is 11.6 Å². The van der Waals surface area contributed by atoms with Gasteiger partial charge in [0.1, 0.15) is 23.0 Å². The molecule has 1 saturated carbocycles. The highest BCUT2D eigenvalue weighted by Crippen LogP contribution is 2.33. The van der Waals surface area contributed by atoms with E-state index in [0.717, 1.165) is 47.5 Å². The maximum absolute atomic E-state index is 13.4. The van der Waals surface area contributed by atoms with E-state index in [1.54, 1.807) is 41.4 Å². The van der Waals surface area contributed by atoms with Crippen LogP contribution in [0.4, 0.5) is 5.13 Å². The van der Waals surface area contributed by atoms with Crippen molar-refractivity contribution in [2.75, 3.05) is 24.8 Å². The van der Waals surface area contributed by atoms with Gasteiger partial charge in [-0.2, -0.15) is 5.10 Å². The molecule has 12 nitrogen and oxygen atoms in total. The molecular formula is C42H45N3O9S. The lowest BCUT2D eigenvalue weighted by molar-refractivity contribution is -0.145. The monoisotopic (exact) mass is 767 g/mol. The van der Waals surface area contributed by atoms with E-state index in [2.05, 4.69) is 18.3 Å². The summed E-state index contributed by atoms with van der Waals surface area (Å²) in [7, 11) is 0. The lowest BCUT2D eigenvalue weighted by atomic mass is 9.82. The highest BCUT2D eigenvalue weighted by Gasteiger charge is 2.32. The molecule has 0 unspecified atom stereocenters. The quantitative estimate of drug-likeness (QED) is 0.0125. The highest BCUT2D eigenvalue weighted by atomic mass is 32.1. The number of nitrogens with zero attached hydrogens (tertiary/aromatic N) is 3. The Balaban J connectivity index is 1.11. The fraction of sp³-hybridized carbons (Fsp3) is 0.333. The maximum Gasteiger partial charge on any atom is 0.330 e. The van der Waals surface area contributed by atoms with Crippen LogP contribution < -0.4 is 24.0 Å². The predicted octanol–water partition coefficient (Wildman–Crippen LogP) is 8.23. The Hall–Kier alpha value is -5.82. The molecule has 1 aliphatic rings. The first kappa shape index (κ1) is 40.4. The van der Waals surface area contributed by atoms with E-state index in [1.807, 2.05) is 31.2 Å². The van der Waals surface area contributed by atoms with Gasteiger partial charge in [-0.25, -0.2) is 14.8 Å². The van der Waals surface area contributed by atoms with Gasteiger partial charge in [0.05, 0.1) is 48.0 Å². The van der Waals surface area contributed by atoms with Crippen LogP contribution in [0.25, 0.3) is 10.2 Å². The molecule has 4 aromatic rings.